The van der Waals surface area contributed by atoms with Gasteiger partial charge in [0.15, 0.2) is 0 Å². The van der Waals surface area contributed by atoms with E-state index in [0.29, 0.717) is 22.2 Å². The van der Waals surface area contributed by atoms with Gasteiger partial charge in [-0.3, -0.25) is 0 Å². The van der Waals surface area contributed by atoms with Gasteiger partial charge in [0.1, 0.15) is 5.75 Å². The minimum absolute atomic E-state index is 0.456. The zero-order chi connectivity index (χ0) is 13.8. The second kappa shape index (κ2) is 6.29. The fraction of sp³-hybridized carbons (Fsp3) is 0.200. The minimum Gasteiger partial charge on any atom is -0.496 e. The van der Waals surface area contributed by atoms with Gasteiger partial charge in [-0.15, -0.1) is 0 Å². The van der Waals surface area contributed by atoms with Gasteiger partial charge in [0, 0.05) is 12.0 Å². The van der Waals surface area contributed by atoms with Crippen LogP contribution in [0.15, 0.2) is 42.5 Å². The molecule has 2 aromatic carbocycles. The zero-order valence-corrected chi connectivity index (χ0v) is 11.9. The number of aliphatic hydroxyl groups is 1. The van der Waals surface area contributed by atoms with Crippen LogP contribution in [0.3, 0.4) is 0 Å². The lowest BCUT2D eigenvalue weighted by Crippen LogP contribution is -2.04. The summed E-state index contributed by atoms with van der Waals surface area (Å²) in [6, 6.07) is 12.8. The number of hydrogen-bond donors (Lipinski definition) is 1. The van der Waals surface area contributed by atoms with Crippen molar-refractivity contribution in [2.24, 2.45) is 0 Å². The van der Waals surface area contributed by atoms with Gasteiger partial charge in [-0.2, -0.15) is 0 Å². The van der Waals surface area contributed by atoms with E-state index < -0.39 is 6.10 Å². The minimum atomic E-state index is -0.645. The van der Waals surface area contributed by atoms with E-state index in [2.05, 4.69) is 0 Å². The van der Waals surface area contributed by atoms with Crippen molar-refractivity contribution < 1.29 is 9.84 Å². The lowest BCUT2D eigenvalue weighted by molar-refractivity contribution is 0.174. The molecule has 1 N–H and O–H groups in total. The third-order valence-corrected chi connectivity index (χ3v) is 3.65. The molecule has 0 aliphatic carbocycles. The lowest BCUT2D eigenvalue weighted by Gasteiger charge is -2.15. The van der Waals surface area contributed by atoms with Crippen molar-refractivity contribution in [1.82, 2.24) is 0 Å². The molecule has 100 valence electrons. The van der Waals surface area contributed by atoms with Gasteiger partial charge >= 0.3 is 0 Å². The zero-order valence-electron chi connectivity index (χ0n) is 10.4. The highest BCUT2D eigenvalue weighted by Gasteiger charge is 2.13. The van der Waals surface area contributed by atoms with E-state index in [1.54, 1.807) is 19.2 Å². The molecule has 0 bridgehead atoms. The van der Waals surface area contributed by atoms with E-state index in [9.17, 15) is 5.11 Å². The van der Waals surface area contributed by atoms with Gasteiger partial charge in [0.25, 0.3) is 0 Å². The van der Waals surface area contributed by atoms with Crippen molar-refractivity contribution in [2.75, 3.05) is 7.11 Å². The largest absolute Gasteiger partial charge is 0.496 e. The monoisotopic (exact) mass is 296 g/mol. The van der Waals surface area contributed by atoms with Gasteiger partial charge in [-0.25, -0.2) is 0 Å². The Labute approximate surface area is 122 Å². The average Bonchev–Trinajstić information content (AvgIpc) is 2.43. The summed E-state index contributed by atoms with van der Waals surface area (Å²) in [5, 5.41) is 11.3. The maximum absolute atomic E-state index is 10.3. The van der Waals surface area contributed by atoms with E-state index in [1.165, 1.54) is 0 Å². The third kappa shape index (κ3) is 3.41. The number of aliphatic hydroxyl groups excluding tert-OH is 1. The molecule has 0 fully saturated rings. The van der Waals surface area contributed by atoms with Crippen molar-refractivity contribution >= 4 is 23.2 Å². The fourth-order valence-corrected chi connectivity index (χ4v) is 2.26. The standard InChI is InChI=1S/C15H14Cl2O2/c1-19-15-5-3-2-4-11(15)14(18)9-10-6-7-12(16)13(17)8-10/h2-8,14,18H,9H2,1H3. The van der Waals surface area contributed by atoms with Crippen molar-refractivity contribution in [3.05, 3.63) is 63.6 Å². The first-order chi connectivity index (χ1) is 9.11. The molecular formula is C15H14Cl2O2. The quantitative estimate of drug-likeness (QED) is 0.912. The molecule has 0 aromatic heterocycles. The molecule has 0 aliphatic rings. The first-order valence-corrected chi connectivity index (χ1v) is 6.62. The normalized spacial score (nSPS) is 12.2. The van der Waals surface area contributed by atoms with Crippen LogP contribution in [0.2, 0.25) is 10.0 Å². The fourth-order valence-electron chi connectivity index (χ4n) is 1.94. The molecule has 19 heavy (non-hydrogen) atoms. The van der Waals surface area contributed by atoms with Crippen LogP contribution in [0.4, 0.5) is 0 Å². The maximum Gasteiger partial charge on any atom is 0.124 e. The Bertz CT molecular complexity index is 570. The number of hydrogen-bond acceptors (Lipinski definition) is 2. The van der Waals surface area contributed by atoms with E-state index in [-0.39, 0.29) is 0 Å². The Morgan fingerprint density at radius 1 is 1.11 bits per heavy atom. The van der Waals surface area contributed by atoms with Crippen molar-refractivity contribution in [3.8, 4) is 5.75 Å². The van der Waals surface area contributed by atoms with Crippen molar-refractivity contribution in [2.45, 2.75) is 12.5 Å². The van der Waals surface area contributed by atoms with Gasteiger partial charge < -0.3 is 9.84 Å². The summed E-state index contributed by atoms with van der Waals surface area (Å²) in [7, 11) is 1.59. The molecule has 0 saturated heterocycles. The van der Waals surface area contributed by atoms with E-state index in [4.69, 9.17) is 27.9 Å². The van der Waals surface area contributed by atoms with Crippen molar-refractivity contribution in [1.29, 1.82) is 0 Å². The van der Waals surface area contributed by atoms with E-state index in [0.717, 1.165) is 11.1 Å². The molecule has 2 aromatic rings. The average molecular weight is 297 g/mol. The third-order valence-electron chi connectivity index (χ3n) is 2.91. The summed E-state index contributed by atoms with van der Waals surface area (Å²) in [6.07, 6.45) is -0.189. The predicted octanol–water partition coefficient (Wildman–Crippen LogP) is 4.28. The van der Waals surface area contributed by atoms with Gasteiger partial charge in [0.05, 0.1) is 23.3 Å². The molecule has 0 spiro atoms. The number of benzene rings is 2. The SMILES string of the molecule is COc1ccccc1C(O)Cc1ccc(Cl)c(Cl)c1. The summed E-state index contributed by atoms with van der Waals surface area (Å²) in [4.78, 5) is 0. The number of para-hydroxylation sites is 1. The van der Waals surface area contributed by atoms with Crippen molar-refractivity contribution in [3.63, 3.8) is 0 Å². The summed E-state index contributed by atoms with van der Waals surface area (Å²) in [6.45, 7) is 0. The molecule has 0 heterocycles. The molecular weight excluding hydrogens is 283 g/mol. The Kier molecular flexibility index (Phi) is 4.70. The smallest absolute Gasteiger partial charge is 0.124 e. The van der Waals surface area contributed by atoms with Crippen LogP contribution in [0, 0.1) is 0 Å². The van der Waals surface area contributed by atoms with Gasteiger partial charge in [-0.05, 0) is 23.8 Å². The molecule has 1 atom stereocenters. The van der Waals surface area contributed by atoms with Crippen LogP contribution in [-0.4, -0.2) is 12.2 Å². The maximum atomic E-state index is 10.3. The molecule has 0 saturated carbocycles. The Hall–Kier alpha value is -1.22. The van der Waals surface area contributed by atoms with Crippen LogP contribution in [0.5, 0.6) is 5.75 Å². The summed E-state index contributed by atoms with van der Waals surface area (Å²) < 4.78 is 5.24. The molecule has 0 aliphatic heterocycles. The molecule has 2 nitrogen and oxygen atoms in total. The summed E-state index contributed by atoms with van der Waals surface area (Å²) >= 11 is 11.8. The van der Waals surface area contributed by atoms with Crippen LogP contribution in [0.25, 0.3) is 0 Å². The first-order valence-electron chi connectivity index (χ1n) is 5.86. The van der Waals surface area contributed by atoms with Crippen LogP contribution >= 0.6 is 23.2 Å². The van der Waals surface area contributed by atoms with Crippen LogP contribution in [0.1, 0.15) is 17.2 Å². The topological polar surface area (TPSA) is 29.5 Å². The lowest BCUT2D eigenvalue weighted by atomic mass is 10.0. The van der Waals surface area contributed by atoms with Gasteiger partial charge in [-0.1, -0.05) is 47.5 Å². The van der Waals surface area contributed by atoms with Gasteiger partial charge in [0.2, 0.25) is 0 Å². The number of halogens is 2. The Morgan fingerprint density at radius 3 is 2.53 bits per heavy atom. The molecule has 2 rings (SSSR count). The molecule has 4 heteroatoms. The first kappa shape index (κ1) is 14.2. The number of rotatable bonds is 4. The Balaban J connectivity index is 2.20. The van der Waals surface area contributed by atoms with Crippen LogP contribution < -0.4 is 4.74 Å². The van der Waals surface area contributed by atoms with Crippen LogP contribution in [-0.2, 0) is 6.42 Å². The number of ether oxygens (including phenoxy) is 1. The number of methoxy groups -OCH3 is 1. The predicted molar refractivity (Wildman–Crippen MR) is 78.1 cm³/mol. The Morgan fingerprint density at radius 2 is 1.84 bits per heavy atom. The highest BCUT2D eigenvalue weighted by Crippen LogP contribution is 2.29. The summed E-state index contributed by atoms with van der Waals surface area (Å²) in [5.41, 5.74) is 1.68. The molecule has 0 amide bonds. The highest BCUT2D eigenvalue weighted by atomic mass is 35.5. The second-order valence-electron chi connectivity index (χ2n) is 4.21. The van der Waals surface area contributed by atoms with E-state index in [1.807, 2.05) is 30.3 Å². The van der Waals surface area contributed by atoms with E-state index >= 15 is 0 Å². The highest BCUT2D eigenvalue weighted by molar-refractivity contribution is 6.42. The molecule has 0 radical (unpaired) electrons. The second-order valence-corrected chi connectivity index (χ2v) is 5.02. The summed E-state index contributed by atoms with van der Waals surface area (Å²) in [5.74, 6) is 0.676. The molecule has 1 unspecified atom stereocenters.